The Kier molecular flexibility index (Phi) is 6.04. The molecule has 0 bridgehead atoms. The van der Waals surface area contributed by atoms with Crippen LogP contribution in [0.4, 0.5) is 24.5 Å². The van der Waals surface area contributed by atoms with E-state index >= 15 is 0 Å². The van der Waals surface area contributed by atoms with Gasteiger partial charge in [-0.2, -0.15) is 13.2 Å². The maximum atomic E-state index is 13.0. The van der Waals surface area contributed by atoms with Crippen LogP contribution in [0.1, 0.15) is 12.0 Å². The first kappa shape index (κ1) is 20.6. The van der Waals surface area contributed by atoms with E-state index in [1.54, 1.807) is 6.92 Å². The molecule has 11 heteroatoms. The third kappa shape index (κ3) is 5.16. The number of aryl methyl sites for hydroxylation is 1. The van der Waals surface area contributed by atoms with E-state index in [1.165, 1.54) is 23.1 Å². The summed E-state index contributed by atoms with van der Waals surface area (Å²) in [5.74, 6) is -5.58. The van der Waals surface area contributed by atoms with Gasteiger partial charge in [-0.15, -0.1) is 0 Å². The molecule has 27 heavy (non-hydrogen) atoms. The molecule has 0 spiro atoms. The molecule has 0 unspecified atom stereocenters. The van der Waals surface area contributed by atoms with Crippen molar-refractivity contribution in [1.29, 1.82) is 0 Å². The van der Waals surface area contributed by atoms with Gasteiger partial charge in [0.1, 0.15) is 0 Å². The number of halogens is 3. The number of carboxylic acids is 1. The first-order valence-corrected chi connectivity index (χ1v) is 8.06. The molecule has 2 rings (SSSR count). The van der Waals surface area contributed by atoms with Crippen molar-refractivity contribution in [3.63, 3.8) is 0 Å². The number of non-ortho nitro benzene ring substituents is 1. The van der Waals surface area contributed by atoms with Gasteiger partial charge in [0.05, 0.1) is 22.4 Å². The summed E-state index contributed by atoms with van der Waals surface area (Å²) in [5.41, 5.74) is 0.637. The highest BCUT2D eigenvalue weighted by Gasteiger charge is 2.52. The number of anilines is 1. The number of carbonyl (C=O) groups excluding carboxylic acids is 1. The number of nitro benzene ring substituents is 1. The third-order valence-electron chi connectivity index (χ3n) is 4.49. The Morgan fingerprint density at radius 2 is 2.04 bits per heavy atom. The average Bonchev–Trinajstić information content (AvgIpc) is 3.00. The number of aliphatic carboxylic acids is 1. The standard InChI is InChI=1S/C16H18F3N3O5/c1-9-2-3-10(22(26)27)6-13(9)20-14(23)4-5-21-7-11(15(24)25)12(8-21)16(17,18)19/h2-3,6,11-12H,4-5,7-8H2,1H3,(H,20,23)(H,24,25)/t11-,12-/m1/s1. The molecule has 0 saturated carbocycles. The molecule has 0 aromatic heterocycles. The van der Waals surface area contributed by atoms with Crippen LogP contribution in [0, 0.1) is 28.9 Å². The first-order valence-electron chi connectivity index (χ1n) is 8.06. The summed E-state index contributed by atoms with van der Waals surface area (Å²) in [6, 6.07) is 3.96. The van der Waals surface area contributed by atoms with Crippen LogP contribution in [0.5, 0.6) is 0 Å². The van der Waals surface area contributed by atoms with Gasteiger partial charge in [0.15, 0.2) is 0 Å². The maximum Gasteiger partial charge on any atom is 0.393 e. The highest BCUT2D eigenvalue weighted by atomic mass is 19.4. The van der Waals surface area contributed by atoms with Crippen LogP contribution in [0.25, 0.3) is 0 Å². The molecule has 1 aliphatic heterocycles. The van der Waals surface area contributed by atoms with Gasteiger partial charge in [-0.05, 0) is 12.5 Å². The minimum atomic E-state index is -4.62. The summed E-state index contributed by atoms with van der Waals surface area (Å²) in [6.07, 6.45) is -4.79. The second kappa shape index (κ2) is 7.91. The Balaban J connectivity index is 1.95. The number of carbonyl (C=O) groups is 2. The number of hydrogen-bond donors (Lipinski definition) is 2. The molecular formula is C16H18F3N3O5. The van der Waals surface area contributed by atoms with Gasteiger partial charge in [-0.1, -0.05) is 6.07 Å². The van der Waals surface area contributed by atoms with E-state index in [4.69, 9.17) is 5.11 Å². The zero-order valence-corrected chi connectivity index (χ0v) is 14.3. The quantitative estimate of drug-likeness (QED) is 0.571. The fourth-order valence-corrected chi connectivity index (χ4v) is 2.98. The Morgan fingerprint density at radius 3 is 2.56 bits per heavy atom. The molecule has 1 aliphatic rings. The number of nitro groups is 1. The molecule has 148 valence electrons. The normalized spacial score (nSPS) is 20.4. The van der Waals surface area contributed by atoms with Crippen LogP contribution in [-0.2, 0) is 9.59 Å². The minimum Gasteiger partial charge on any atom is -0.481 e. The number of hydrogen-bond acceptors (Lipinski definition) is 5. The number of likely N-dealkylation sites (tertiary alicyclic amines) is 1. The van der Waals surface area contributed by atoms with E-state index in [-0.39, 0.29) is 30.9 Å². The van der Waals surface area contributed by atoms with Crippen LogP contribution < -0.4 is 5.32 Å². The summed E-state index contributed by atoms with van der Waals surface area (Å²) in [4.78, 5) is 34.6. The molecule has 8 nitrogen and oxygen atoms in total. The summed E-state index contributed by atoms with van der Waals surface area (Å²) in [7, 11) is 0. The van der Waals surface area contributed by atoms with E-state index in [2.05, 4.69) is 5.32 Å². The lowest BCUT2D eigenvalue weighted by Gasteiger charge is -2.18. The number of amides is 1. The number of carboxylic acid groups (broad SMARTS) is 1. The number of alkyl halides is 3. The molecular weight excluding hydrogens is 371 g/mol. The van der Waals surface area contributed by atoms with E-state index in [0.29, 0.717) is 5.56 Å². The van der Waals surface area contributed by atoms with Crippen molar-refractivity contribution in [2.75, 3.05) is 25.0 Å². The lowest BCUT2D eigenvalue weighted by molar-refractivity contribution is -0.384. The van der Waals surface area contributed by atoms with Gasteiger partial charge in [-0.3, -0.25) is 19.7 Å². The van der Waals surface area contributed by atoms with Crippen molar-refractivity contribution < 1.29 is 32.8 Å². The van der Waals surface area contributed by atoms with Crippen molar-refractivity contribution in [3.8, 4) is 0 Å². The molecule has 0 aliphatic carbocycles. The Hall–Kier alpha value is -2.69. The number of nitrogens with zero attached hydrogens (tertiary/aromatic N) is 2. The van der Waals surface area contributed by atoms with Crippen molar-refractivity contribution in [1.82, 2.24) is 4.90 Å². The number of nitrogens with one attached hydrogen (secondary N) is 1. The van der Waals surface area contributed by atoms with Gasteiger partial charge in [0.25, 0.3) is 5.69 Å². The average molecular weight is 389 g/mol. The predicted octanol–water partition coefficient (Wildman–Crippen LogP) is 2.43. The summed E-state index contributed by atoms with van der Waals surface area (Å²) < 4.78 is 38.9. The number of rotatable bonds is 6. The molecule has 1 saturated heterocycles. The van der Waals surface area contributed by atoms with Crippen molar-refractivity contribution in [2.45, 2.75) is 19.5 Å². The number of benzene rings is 1. The SMILES string of the molecule is Cc1ccc([N+](=O)[O-])cc1NC(=O)CCN1C[C@@H](C(F)(F)F)[C@H](C(=O)O)C1. The third-order valence-corrected chi connectivity index (χ3v) is 4.49. The van der Waals surface area contributed by atoms with E-state index in [1.807, 2.05) is 0 Å². The summed E-state index contributed by atoms with van der Waals surface area (Å²) >= 11 is 0. The van der Waals surface area contributed by atoms with Gasteiger partial charge >= 0.3 is 12.1 Å². The van der Waals surface area contributed by atoms with Gasteiger partial charge in [0.2, 0.25) is 5.91 Å². The van der Waals surface area contributed by atoms with Gasteiger partial charge < -0.3 is 15.3 Å². The van der Waals surface area contributed by atoms with Crippen molar-refractivity contribution in [3.05, 3.63) is 33.9 Å². The lowest BCUT2D eigenvalue weighted by atomic mass is 9.96. The summed E-state index contributed by atoms with van der Waals surface area (Å²) in [6.45, 7) is 0.827. The lowest BCUT2D eigenvalue weighted by Crippen LogP contribution is -2.33. The van der Waals surface area contributed by atoms with Crippen LogP contribution >= 0.6 is 0 Å². The molecule has 1 heterocycles. The van der Waals surface area contributed by atoms with Gasteiger partial charge in [0, 0.05) is 38.2 Å². The second-order valence-corrected chi connectivity index (χ2v) is 6.41. The zero-order chi connectivity index (χ0) is 20.4. The topological polar surface area (TPSA) is 113 Å². The first-order chi connectivity index (χ1) is 12.5. The molecule has 1 aromatic carbocycles. The predicted molar refractivity (Wildman–Crippen MR) is 88.2 cm³/mol. The van der Waals surface area contributed by atoms with E-state index in [0.717, 1.165) is 0 Å². The fourth-order valence-electron chi connectivity index (χ4n) is 2.98. The van der Waals surface area contributed by atoms with E-state index in [9.17, 15) is 32.9 Å². The van der Waals surface area contributed by atoms with Crippen molar-refractivity contribution >= 4 is 23.3 Å². The highest BCUT2D eigenvalue weighted by Crippen LogP contribution is 2.37. The van der Waals surface area contributed by atoms with Crippen molar-refractivity contribution in [2.24, 2.45) is 11.8 Å². The molecule has 2 N–H and O–H groups in total. The van der Waals surface area contributed by atoms with E-state index < -0.39 is 41.4 Å². The van der Waals surface area contributed by atoms with Crippen LogP contribution in [0.3, 0.4) is 0 Å². The fraction of sp³-hybridized carbons (Fsp3) is 0.500. The zero-order valence-electron chi connectivity index (χ0n) is 14.3. The molecule has 1 fully saturated rings. The van der Waals surface area contributed by atoms with Crippen LogP contribution in [0.2, 0.25) is 0 Å². The van der Waals surface area contributed by atoms with Gasteiger partial charge in [-0.25, -0.2) is 0 Å². The second-order valence-electron chi connectivity index (χ2n) is 6.41. The Morgan fingerprint density at radius 1 is 1.37 bits per heavy atom. The molecule has 0 radical (unpaired) electrons. The largest absolute Gasteiger partial charge is 0.481 e. The molecule has 1 aromatic rings. The monoisotopic (exact) mass is 389 g/mol. The highest BCUT2D eigenvalue weighted by molar-refractivity contribution is 5.92. The van der Waals surface area contributed by atoms with Crippen LogP contribution in [0.15, 0.2) is 18.2 Å². The summed E-state index contributed by atoms with van der Waals surface area (Å²) in [5, 5.41) is 22.3. The Bertz CT molecular complexity index is 753. The smallest absolute Gasteiger partial charge is 0.393 e. The minimum absolute atomic E-state index is 0.0455. The van der Waals surface area contributed by atoms with Crippen LogP contribution in [-0.4, -0.2) is 52.6 Å². The molecule has 1 amide bonds. The molecule has 2 atom stereocenters. The Labute approximate surface area is 152 Å². The maximum absolute atomic E-state index is 13.0.